The topological polar surface area (TPSA) is 107 Å². The van der Waals surface area contributed by atoms with Crippen LogP contribution in [-0.4, -0.2) is 85.3 Å². The molecule has 6 rings (SSSR count). The number of amides is 3. The van der Waals surface area contributed by atoms with Crippen molar-refractivity contribution in [2.45, 2.75) is 96.2 Å². The molecule has 3 aliphatic carbocycles. The number of urea groups is 1. The SMILES string of the molecule is COCC12CCC(NC(=O)N(CC(OC)OC)c3c(-c4ccc(F)cc4)nn4c3C(C)N(C(=O)OC(C)(C)C)CC4)(CC1)CC2. The van der Waals surface area contributed by atoms with Gasteiger partial charge in [0, 0.05) is 39.0 Å². The van der Waals surface area contributed by atoms with Crippen LogP contribution in [0.25, 0.3) is 11.3 Å². The van der Waals surface area contributed by atoms with Crippen molar-refractivity contribution in [3.63, 3.8) is 0 Å². The Labute approximate surface area is 265 Å². The number of anilines is 1. The molecule has 0 radical (unpaired) electrons. The van der Waals surface area contributed by atoms with Crippen LogP contribution in [0.5, 0.6) is 0 Å². The van der Waals surface area contributed by atoms with E-state index in [1.165, 1.54) is 26.4 Å². The second-order valence-corrected chi connectivity index (χ2v) is 13.8. The van der Waals surface area contributed by atoms with Gasteiger partial charge in [-0.05, 0) is 95.9 Å². The van der Waals surface area contributed by atoms with Gasteiger partial charge in [-0.2, -0.15) is 5.10 Å². The van der Waals surface area contributed by atoms with Crippen LogP contribution in [0, 0.1) is 11.2 Å². The maximum atomic E-state index is 14.6. The summed E-state index contributed by atoms with van der Waals surface area (Å²) in [5, 5.41) is 8.38. The number of hydrogen-bond acceptors (Lipinski definition) is 7. The van der Waals surface area contributed by atoms with Crippen LogP contribution in [0.15, 0.2) is 24.3 Å². The first kappa shape index (κ1) is 33.2. The van der Waals surface area contributed by atoms with Gasteiger partial charge in [0.1, 0.15) is 17.1 Å². The fourth-order valence-electron chi connectivity index (χ4n) is 7.17. The summed E-state index contributed by atoms with van der Waals surface area (Å²) < 4.78 is 38.4. The summed E-state index contributed by atoms with van der Waals surface area (Å²) >= 11 is 0. The van der Waals surface area contributed by atoms with Gasteiger partial charge in [0.05, 0.1) is 37.1 Å². The zero-order valence-corrected chi connectivity index (χ0v) is 27.7. The third-order valence-electron chi connectivity index (χ3n) is 9.72. The standard InChI is InChI=1S/C33H48FN5O6/c1-22-27-28(26(23-8-10-24(34)11-9-23)36-39(27)19-18-37(22)30(41)45-31(2,3)4)38(20-25(43-6)44-7)29(40)35-33-15-12-32(13-16-33,14-17-33)21-42-5/h8-11,22,25H,12-21H2,1-7H3,(H,35,40). The van der Waals surface area contributed by atoms with E-state index in [9.17, 15) is 14.0 Å². The van der Waals surface area contributed by atoms with Crippen molar-refractivity contribution in [3.05, 3.63) is 35.8 Å². The van der Waals surface area contributed by atoms with E-state index in [0.29, 0.717) is 35.7 Å². The van der Waals surface area contributed by atoms with Crippen LogP contribution in [0.3, 0.4) is 0 Å². The van der Waals surface area contributed by atoms with Crippen molar-refractivity contribution in [1.29, 1.82) is 0 Å². The molecule has 3 saturated carbocycles. The Morgan fingerprint density at radius 3 is 2.22 bits per heavy atom. The number of aromatic nitrogens is 2. The van der Waals surface area contributed by atoms with E-state index in [2.05, 4.69) is 5.32 Å². The Kier molecular flexibility index (Phi) is 9.49. The van der Waals surface area contributed by atoms with Gasteiger partial charge in [0.15, 0.2) is 6.29 Å². The zero-order chi connectivity index (χ0) is 32.6. The Morgan fingerprint density at radius 1 is 1.04 bits per heavy atom. The molecule has 1 aromatic carbocycles. The van der Waals surface area contributed by atoms with Gasteiger partial charge in [-0.1, -0.05) is 0 Å². The molecule has 1 aromatic heterocycles. The number of benzene rings is 1. The molecule has 3 fully saturated rings. The normalized spacial score (nSPS) is 24.5. The van der Waals surface area contributed by atoms with Crippen molar-refractivity contribution < 1.29 is 32.9 Å². The van der Waals surface area contributed by atoms with Crippen molar-refractivity contribution >= 4 is 17.8 Å². The molecule has 1 atom stereocenters. The number of carbonyl (C=O) groups excluding carboxylic acids is 2. The molecule has 12 heteroatoms. The van der Waals surface area contributed by atoms with Crippen LogP contribution in [0.4, 0.5) is 19.7 Å². The van der Waals surface area contributed by atoms with E-state index in [1.807, 2.05) is 32.4 Å². The van der Waals surface area contributed by atoms with Crippen molar-refractivity contribution in [3.8, 4) is 11.3 Å². The summed E-state index contributed by atoms with van der Waals surface area (Å²) in [4.78, 5) is 31.2. The van der Waals surface area contributed by atoms with E-state index in [4.69, 9.17) is 24.0 Å². The summed E-state index contributed by atoms with van der Waals surface area (Å²) in [7, 11) is 4.81. The molecular formula is C33H48FN5O6. The molecule has 45 heavy (non-hydrogen) atoms. The minimum absolute atomic E-state index is 0.0641. The Balaban J connectivity index is 1.57. The summed E-state index contributed by atoms with van der Waals surface area (Å²) in [5.41, 5.74) is 1.52. The molecule has 2 bridgehead atoms. The molecule has 1 N–H and O–H groups in total. The zero-order valence-electron chi connectivity index (χ0n) is 27.7. The van der Waals surface area contributed by atoms with Crippen molar-refractivity contribution in [2.24, 2.45) is 5.41 Å². The second-order valence-electron chi connectivity index (χ2n) is 13.8. The largest absolute Gasteiger partial charge is 0.444 e. The molecule has 1 aliphatic heterocycles. The lowest BCUT2D eigenvalue weighted by Gasteiger charge is -2.53. The average molecular weight is 630 g/mol. The van der Waals surface area contributed by atoms with E-state index >= 15 is 0 Å². The third kappa shape index (κ3) is 6.83. The number of nitrogens with zero attached hydrogens (tertiary/aromatic N) is 4. The number of halogens is 1. The number of carbonyl (C=O) groups is 2. The molecule has 0 spiro atoms. The molecule has 3 amide bonds. The third-order valence-corrected chi connectivity index (χ3v) is 9.72. The molecule has 1 unspecified atom stereocenters. The van der Waals surface area contributed by atoms with Gasteiger partial charge in [0.2, 0.25) is 0 Å². The number of fused-ring (bicyclic) bond motifs is 4. The van der Waals surface area contributed by atoms with E-state index in [1.54, 1.807) is 29.0 Å². The lowest BCUT2D eigenvalue weighted by Crippen LogP contribution is -2.60. The minimum atomic E-state index is -0.738. The molecule has 2 heterocycles. The van der Waals surface area contributed by atoms with Crippen molar-refractivity contribution in [1.82, 2.24) is 20.0 Å². The molecule has 0 saturated heterocycles. The van der Waals surface area contributed by atoms with Crippen LogP contribution in [0.1, 0.15) is 78.0 Å². The Hall–Kier alpha value is -3.22. The van der Waals surface area contributed by atoms with Gasteiger partial charge >= 0.3 is 12.1 Å². The fraction of sp³-hybridized carbons (Fsp3) is 0.667. The van der Waals surface area contributed by atoms with Crippen LogP contribution < -0.4 is 10.2 Å². The predicted molar refractivity (Wildman–Crippen MR) is 167 cm³/mol. The first-order chi connectivity index (χ1) is 21.3. The minimum Gasteiger partial charge on any atom is -0.444 e. The van der Waals surface area contributed by atoms with Crippen LogP contribution in [0.2, 0.25) is 0 Å². The van der Waals surface area contributed by atoms with Crippen LogP contribution >= 0.6 is 0 Å². The van der Waals surface area contributed by atoms with Crippen LogP contribution in [-0.2, 0) is 25.5 Å². The highest BCUT2D eigenvalue weighted by molar-refractivity contribution is 5.97. The quantitative estimate of drug-likeness (QED) is 0.346. The fourth-order valence-corrected chi connectivity index (χ4v) is 7.17. The maximum Gasteiger partial charge on any atom is 0.410 e. The molecule has 248 valence electrons. The van der Waals surface area contributed by atoms with E-state index in [-0.39, 0.29) is 29.3 Å². The first-order valence-electron chi connectivity index (χ1n) is 15.8. The van der Waals surface area contributed by atoms with Gasteiger partial charge in [-0.15, -0.1) is 0 Å². The molecular weight excluding hydrogens is 581 g/mol. The monoisotopic (exact) mass is 629 g/mol. The summed E-state index contributed by atoms with van der Waals surface area (Å²) in [6.45, 7) is 8.98. The smallest absolute Gasteiger partial charge is 0.410 e. The number of ether oxygens (including phenoxy) is 4. The van der Waals surface area contributed by atoms with Gasteiger partial charge in [-0.25, -0.2) is 14.0 Å². The molecule has 4 aliphatic rings. The summed E-state index contributed by atoms with van der Waals surface area (Å²) in [6.07, 6.45) is 4.40. The predicted octanol–water partition coefficient (Wildman–Crippen LogP) is 5.88. The summed E-state index contributed by atoms with van der Waals surface area (Å²) in [5.74, 6) is -0.375. The van der Waals surface area contributed by atoms with Gasteiger partial charge < -0.3 is 24.3 Å². The highest BCUT2D eigenvalue weighted by Gasteiger charge is 2.50. The molecule has 2 aromatic rings. The van der Waals surface area contributed by atoms with E-state index < -0.39 is 24.0 Å². The lowest BCUT2D eigenvalue weighted by molar-refractivity contribution is -0.0941. The van der Waals surface area contributed by atoms with Gasteiger partial charge in [0.25, 0.3) is 0 Å². The Morgan fingerprint density at radius 2 is 1.67 bits per heavy atom. The number of rotatable bonds is 9. The van der Waals surface area contributed by atoms with Gasteiger partial charge in [-0.3, -0.25) is 14.5 Å². The first-order valence-corrected chi connectivity index (χ1v) is 15.8. The van der Waals surface area contributed by atoms with Crippen molar-refractivity contribution in [2.75, 3.05) is 45.9 Å². The second kappa shape index (κ2) is 12.9. The summed E-state index contributed by atoms with van der Waals surface area (Å²) in [6, 6.07) is 5.28. The number of hydrogen-bond donors (Lipinski definition) is 1. The Bertz CT molecular complexity index is 1340. The molecule has 11 nitrogen and oxygen atoms in total. The number of methoxy groups -OCH3 is 3. The number of nitrogens with one attached hydrogen (secondary N) is 1. The average Bonchev–Trinajstić information content (AvgIpc) is 3.38. The highest BCUT2D eigenvalue weighted by Crippen LogP contribution is 2.52. The lowest BCUT2D eigenvalue weighted by atomic mass is 9.57. The maximum absolute atomic E-state index is 14.6. The highest BCUT2D eigenvalue weighted by atomic mass is 19.1. The van der Waals surface area contributed by atoms with E-state index in [0.717, 1.165) is 45.1 Å².